The third-order valence-corrected chi connectivity index (χ3v) is 35.8. The summed E-state index contributed by atoms with van der Waals surface area (Å²) in [5, 5.41) is 21.2. The molecule has 0 aliphatic carbocycles. The molecule has 141 heavy (non-hydrogen) atoms. The van der Waals surface area contributed by atoms with E-state index >= 15 is 0 Å². The number of nitrogens with one attached hydrogen (secondary N) is 2. The molecule has 0 amide bonds. The molecule has 0 aromatic heterocycles. The van der Waals surface area contributed by atoms with Crippen LogP contribution in [0.2, 0.25) is 0 Å². The molecule has 0 heterocycles. The predicted molar refractivity (Wildman–Crippen MR) is 631 cm³/mol. The minimum absolute atomic E-state index is 0. The molecule has 19 aromatic carbocycles. The van der Waals surface area contributed by atoms with Gasteiger partial charge < -0.3 is 20.6 Å². The molecule has 19 rings (SSSR count). The largest absolute Gasteiger partial charge is 0.102 e. The third-order valence-electron chi connectivity index (χ3n) is 21.5. The molecule has 0 aliphatic rings. The van der Waals surface area contributed by atoms with Crippen molar-refractivity contribution in [2.75, 3.05) is 0 Å². The van der Waals surface area contributed by atoms with Gasteiger partial charge in [-0.3, -0.25) is 0 Å². The average Bonchev–Trinajstić information content (AvgIpc) is 0.780. The minimum Gasteiger partial charge on any atom is -0.0622 e. The molecule has 2 N–H and O–H groups in total. The van der Waals surface area contributed by atoms with Crippen molar-refractivity contribution in [2.45, 2.75) is 50.6 Å². The first-order chi connectivity index (χ1) is 67.4. The first kappa shape index (κ1) is 120. The van der Waals surface area contributed by atoms with Gasteiger partial charge >= 0.3 is 81.0 Å². The molecule has 4 nitrogen and oxygen atoms in total. The second-order valence-corrected chi connectivity index (χ2v) is 44.6. The van der Waals surface area contributed by atoms with E-state index in [2.05, 4.69) is 534 Å². The molecule has 0 spiro atoms. The molecule has 0 bridgehead atoms. The first-order valence-corrected chi connectivity index (χ1v) is 60.1. The van der Waals surface area contributed by atoms with Crippen LogP contribution < -0.4 is 84.3 Å². The van der Waals surface area contributed by atoms with Gasteiger partial charge in [0.15, 0.2) is 0 Å². The van der Waals surface area contributed by atoms with E-state index in [0.29, 0.717) is 5.92 Å². The van der Waals surface area contributed by atoms with Crippen LogP contribution in [-0.2, 0) is 62.0 Å². The molecule has 19 aromatic rings. The van der Waals surface area contributed by atoms with Crippen molar-refractivity contribution in [3.63, 3.8) is 0 Å². The Bertz CT molecular complexity index is 5340. The molecule has 0 aliphatic heterocycles. The van der Waals surface area contributed by atoms with Crippen molar-refractivity contribution >= 4 is 185 Å². The van der Waals surface area contributed by atoms with Crippen LogP contribution in [0, 0.1) is 28.7 Å². The van der Waals surface area contributed by atoms with E-state index in [-0.39, 0.29) is 46.7 Å². The maximum Gasteiger partial charge on any atom is 0.102 e. The number of aryl methyl sites for hydroxylation is 2. The summed E-state index contributed by atoms with van der Waals surface area (Å²) in [6.07, 6.45) is 0. The fourth-order valence-electron chi connectivity index (χ4n) is 14.9. The van der Waals surface area contributed by atoms with Gasteiger partial charge in [0, 0.05) is 6.04 Å². The molecule has 2 atom stereocenters. The van der Waals surface area contributed by atoms with Crippen molar-refractivity contribution in [1.29, 1.82) is 0 Å². The first-order valence-electron chi connectivity index (χ1n) is 44.7. The Kier molecular flexibility index (Phi) is 59.4. The van der Waals surface area contributed by atoms with Crippen LogP contribution in [0.3, 0.4) is 0 Å². The maximum absolute atomic E-state index is 12.9. The molecular weight excluding hydrogens is 2200 g/mol. The zero-order valence-corrected chi connectivity index (χ0v) is 94.8. The Labute approximate surface area is 904 Å². The van der Waals surface area contributed by atoms with Crippen molar-refractivity contribution in [3.8, 4) is 0 Å². The fraction of sp³-hybridized carbons (Fsp3) is 0.0569. The zero-order valence-electron chi connectivity index (χ0n) is 79.7. The normalized spacial score (nSPS) is 10.6. The van der Waals surface area contributed by atoms with Crippen LogP contribution in [0.5, 0.6) is 0 Å². The Hall–Kier alpha value is -9.36. The van der Waals surface area contributed by atoms with Gasteiger partial charge in [-0.2, -0.15) is 27.0 Å². The van der Waals surface area contributed by atoms with Gasteiger partial charge in [-0.1, -0.05) is 516 Å². The molecular formula is C123H123Cl3N2O2P5Ru3S3+. The molecule has 0 fully saturated rings. The number of benzene rings is 19. The van der Waals surface area contributed by atoms with Crippen LogP contribution in [0.25, 0.3) is 5.73 Å². The van der Waals surface area contributed by atoms with E-state index in [4.69, 9.17) is 5.73 Å². The SMILES string of the molecule is Cc1ccc(C(C)C)cc1.Cc1ccc(S(=O)(=O)N[C@@H](c2ccccc2)[C@@H]([NH-])c2ccccc2)cc1.S.S.[CH3-].[CH3-].[Cl][Ru+2].[Cl][RuH].[Cl][Ru].c1ccc(P(c2ccccc2)c2ccccc2)cc1.c1ccc(P(c2ccccc2)c2ccccc2)cc1.c1ccc(P(c2ccccc2)c2ccccc2)cc1.c1ccc([PH+](c2ccccc2)c2ccccc2)cc1.c1ccc([PH+](c2ccccc2)c2ccccc2)cc1. The van der Waals surface area contributed by atoms with Gasteiger partial charge in [0.1, 0.15) is 31.8 Å². The van der Waals surface area contributed by atoms with Crippen molar-refractivity contribution in [2.24, 2.45) is 0 Å². The monoisotopic (exact) mass is 2320 g/mol. The Morgan fingerprint density at radius 1 is 0.262 bits per heavy atom. The number of hydrogen-bond donors (Lipinski definition) is 1. The van der Waals surface area contributed by atoms with Crippen LogP contribution >= 0.6 is 95.7 Å². The van der Waals surface area contributed by atoms with Gasteiger partial charge in [-0.05, 0) is 187 Å². The molecule has 0 unspecified atom stereocenters. The predicted octanol–water partition coefficient (Wildman–Crippen LogP) is 27.5. The van der Waals surface area contributed by atoms with Gasteiger partial charge in [0.05, 0.1) is 20.7 Å². The molecule has 724 valence electrons. The number of hydrogen-bond acceptors (Lipinski definition) is 2. The number of sulfonamides is 1. The fourth-order valence-corrected chi connectivity index (χ4v) is 28.2. The van der Waals surface area contributed by atoms with Crippen LogP contribution in [0.15, 0.2) is 569 Å². The Balaban J connectivity index is 0.000000251. The van der Waals surface area contributed by atoms with Gasteiger partial charge in [-0.25, -0.2) is 13.1 Å². The van der Waals surface area contributed by atoms with E-state index in [1.165, 1.54) is 90.7 Å². The minimum atomic E-state index is -3.75. The number of rotatable bonds is 22. The van der Waals surface area contributed by atoms with Crippen molar-refractivity contribution in [3.05, 3.63) is 613 Å². The van der Waals surface area contributed by atoms with Gasteiger partial charge in [0.25, 0.3) is 0 Å². The van der Waals surface area contributed by atoms with E-state index in [1.807, 2.05) is 102 Å². The summed E-state index contributed by atoms with van der Waals surface area (Å²) in [6, 6.07) is 194. The van der Waals surface area contributed by atoms with Crippen molar-refractivity contribution in [1.82, 2.24) is 4.72 Å². The Morgan fingerprint density at radius 3 is 0.596 bits per heavy atom. The number of halogens is 3. The van der Waals surface area contributed by atoms with Crippen molar-refractivity contribution < 1.29 is 60.4 Å². The standard InChI is InChI=1S/C21H21N2O2S.5C18H15P.C10H14.2CH3.3ClH.3Ru.2H2S.H/c1-16-12-14-19(15-13-16)26(24,25)23-21(18-10-6-3-7-11-18)20(22)17-8-4-2-5-9-17;5*1-4-10-16(11-5-1)19(17-12-6-2-7-13-17)18-14-8-3-9-15-18;1-8(2)10-6-4-9(3)5-7-10;;;;;;;;;;;/h2-15,20-23H,1H3;5*1-15H;4-8H,1-3H3;2*1H3;3*1H;;;;2*1H2;/q-1;;;;;;;2*-1;;;;2*+1;+3;;;/p-1/t20-,21-;;;;;;;;;;;;;;;;;/m0................./s1. The van der Waals surface area contributed by atoms with E-state index in [0.717, 1.165) is 16.7 Å². The second kappa shape index (κ2) is 69.6. The van der Waals surface area contributed by atoms with E-state index in [9.17, 15) is 8.42 Å². The molecule has 0 saturated carbocycles. The third kappa shape index (κ3) is 39.6. The summed E-state index contributed by atoms with van der Waals surface area (Å²) in [4.78, 5) is 0.198. The molecule has 18 heteroatoms. The average molecular weight is 2320 g/mol. The van der Waals surface area contributed by atoms with E-state index in [1.54, 1.807) is 41.6 Å². The summed E-state index contributed by atoms with van der Waals surface area (Å²) in [7, 11) is 6.91. The summed E-state index contributed by atoms with van der Waals surface area (Å²) in [6.45, 7) is 8.45. The topological polar surface area (TPSA) is 70.0 Å². The summed E-state index contributed by atoms with van der Waals surface area (Å²) in [5.74, 6) is 0.653. The zero-order chi connectivity index (χ0) is 96.7. The van der Waals surface area contributed by atoms with Crippen LogP contribution in [0.1, 0.15) is 59.7 Å². The molecule has 0 radical (unpaired) electrons. The summed E-state index contributed by atoms with van der Waals surface area (Å²) < 4.78 is 28.5. The molecule has 0 saturated heterocycles. The summed E-state index contributed by atoms with van der Waals surface area (Å²) >= 11 is 5.27. The van der Waals surface area contributed by atoms with E-state index < -0.39 is 61.7 Å². The Morgan fingerprint density at radius 2 is 0.418 bits per heavy atom. The smallest absolute Gasteiger partial charge is 0.0622 e. The maximum atomic E-state index is 12.9. The van der Waals surface area contributed by atoms with Gasteiger partial charge in [-0.15, -0.1) is 0 Å². The van der Waals surface area contributed by atoms with Crippen LogP contribution in [-0.4, -0.2) is 8.42 Å². The van der Waals surface area contributed by atoms with Gasteiger partial charge in [0.2, 0.25) is 10.0 Å². The summed E-state index contributed by atoms with van der Waals surface area (Å²) in [5.41, 5.74) is 13.9. The van der Waals surface area contributed by atoms with Crippen LogP contribution in [0.4, 0.5) is 0 Å². The quantitative estimate of drug-likeness (QED) is 0.0417. The second-order valence-electron chi connectivity index (χ2n) is 31.2.